The van der Waals surface area contributed by atoms with Crippen LogP contribution in [0.1, 0.15) is 31.0 Å². The minimum Gasteiger partial charge on any atom is -0.466 e. The molecular formula is C28H22N2O5S. The lowest BCUT2D eigenvalue weighted by Crippen LogP contribution is -2.39. The van der Waals surface area contributed by atoms with E-state index in [9.17, 15) is 14.4 Å². The van der Waals surface area contributed by atoms with Crippen molar-refractivity contribution in [2.24, 2.45) is 4.99 Å². The smallest absolute Gasteiger partial charge is 0.338 e. The van der Waals surface area contributed by atoms with Crippen LogP contribution in [0.2, 0.25) is 0 Å². The van der Waals surface area contributed by atoms with Gasteiger partial charge in [-0.3, -0.25) is 14.2 Å². The van der Waals surface area contributed by atoms with Crippen LogP contribution in [0.25, 0.3) is 16.8 Å². The third-order valence-electron chi connectivity index (χ3n) is 5.99. The largest absolute Gasteiger partial charge is 0.466 e. The maximum absolute atomic E-state index is 13.8. The highest BCUT2D eigenvalue weighted by atomic mass is 32.1. The van der Waals surface area contributed by atoms with Gasteiger partial charge in [-0.1, -0.05) is 65.9 Å². The number of hydrogen-bond acceptors (Lipinski definition) is 7. The molecule has 2 heterocycles. The van der Waals surface area contributed by atoms with Gasteiger partial charge >= 0.3 is 11.9 Å². The standard InChI is InChI=1S/C28H22N2O5S/c1-16-24(27(33)34-3)25(19-11-13-21(14-12-19)35-17(2)31)30-26(32)23(36-28(30)29-16)15-20-9-6-8-18-7-4-5-10-22(18)20/h4-15,25H,1-3H3/b23-15+/t25-/m0/s1. The van der Waals surface area contributed by atoms with Crippen molar-refractivity contribution in [2.75, 3.05) is 7.11 Å². The van der Waals surface area contributed by atoms with E-state index in [1.165, 1.54) is 29.9 Å². The van der Waals surface area contributed by atoms with Crippen LogP contribution in [-0.4, -0.2) is 23.6 Å². The molecule has 0 saturated carbocycles. The highest BCUT2D eigenvalue weighted by molar-refractivity contribution is 7.07. The Morgan fingerprint density at radius 3 is 2.47 bits per heavy atom. The Morgan fingerprint density at radius 1 is 1.03 bits per heavy atom. The number of methoxy groups -OCH3 is 1. The number of ether oxygens (including phenoxy) is 2. The SMILES string of the molecule is COC(=O)C1=C(C)N=c2s/c(=C/c3cccc4ccccc34)c(=O)n2[C@H]1c1ccc(OC(C)=O)cc1. The minimum atomic E-state index is -0.741. The molecule has 0 aliphatic carbocycles. The first-order valence-electron chi connectivity index (χ1n) is 11.2. The van der Waals surface area contributed by atoms with Crippen LogP contribution in [0.15, 0.2) is 87.8 Å². The second-order valence-electron chi connectivity index (χ2n) is 8.30. The molecule has 0 unspecified atom stereocenters. The van der Waals surface area contributed by atoms with E-state index in [4.69, 9.17) is 9.47 Å². The minimum absolute atomic E-state index is 0.255. The number of fused-ring (bicyclic) bond motifs is 2. The number of thiazole rings is 1. The summed E-state index contributed by atoms with van der Waals surface area (Å²) in [4.78, 5) is 43.0. The van der Waals surface area contributed by atoms with Crippen LogP contribution in [-0.2, 0) is 14.3 Å². The second kappa shape index (κ2) is 9.39. The Hall–Kier alpha value is -4.30. The van der Waals surface area contributed by atoms with Gasteiger partial charge in [-0.05, 0) is 47.0 Å². The quantitative estimate of drug-likeness (QED) is 0.318. The Bertz CT molecular complexity index is 1720. The number of hydrogen-bond donors (Lipinski definition) is 0. The van der Waals surface area contributed by atoms with E-state index < -0.39 is 18.0 Å². The van der Waals surface area contributed by atoms with Gasteiger partial charge in [0.2, 0.25) is 0 Å². The summed E-state index contributed by atoms with van der Waals surface area (Å²) in [6, 6.07) is 19.9. The van der Waals surface area contributed by atoms with Gasteiger partial charge in [-0.2, -0.15) is 0 Å². The molecule has 0 N–H and O–H groups in total. The molecule has 5 rings (SSSR count). The Kier molecular flexibility index (Phi) is 6.12. The molecule has 0 radical (unpaired) electrons. The molecule has 0 bridgehead atoms. The normalized spacial score (nSPS) is 15.4. The molecule has 36 heavy (non-hydrogen) atoms. The van der Waals surface area contributed by atoms with E-state index in [1.54, 1.807) is 31.2 Å². The van der Waals surface area contributed by atoms with E-state index in [0.29, 0.717) is 26.3 Å². The topological polar surface area (TPSA) is 87.0 Å². The third kappa shape index (κ3) is 4.16. The molecule has 4 aromatic rings. The average molecular weight is 499 g/mol. The molecule has 0 saturated heterocycles. The fraction of sp³-hybridized carbons (Fsp3) is 0.143. The zero-order valence-electron chi connectivity index (χ0n) is 19.8. The van der Waals surface area contributed by atoms with Gasteiger partial charge in [-0.15, -0.1) is 0 Å². The molecule has 180 valence electrons. The van der Waals surface area contributed by atoms with Gasteiger partial charge in [0.25, 0.3) is 5.56 Å². The summed E-state index contributed by atoms with van der Waals surface area (Å²) in [5, 5.41) is 2.11. The molecule has 8 heteroatoms. The van der Waals surface area contributed by atoms with E-state index in [2.05, 4.69) is 4.99 Å². The molecule has 1 aliphatic heterocycles. The number of nitrogens with zero attached hydrogens (tertiary/aromatic N) is 2. The van der Waals surface area contributed by atoms with Crippen molar-refractivity contribution in [1.82, 2.24) is 4.57 Å². The number of rotatable bonds is 4. The first-order valence-corrected chi connectivity index (χ1v) is 12.1. The molecule has 0 amide bonds. The Balaban J connectivity index is 1.71. The lowest BCUT2D eigenvalue weighted by atomic mass is 9.96. The summed E-state index contributed by atoms with van der Waals surface area (Å²) in [6.07, 6.45) is 1.87. The third-order valence-corrected chi connectivity index (χ3v) is 6.98. The summed E-state index contributed by atoms with van der Waals surface area (Å²) < 4.78 is 12.2. The number of carbonyl (C=O) groups excluding carboxylic acids is 2. The summed E-state index contributed by atoms with van der Waals surface area (Å²) in [7, 11) is 1.30. The summed E-state index contributed by atoms with van der Waals surface area (Å²) in [6.45, 7) is 3.05. The predicted octanol–water partition coefficient (Wildman–Crippen LogP) is 3.49. The summed E-state index contributed by atoms with van der Waals surface area (Å²) in [5.41, 5.74) is 2.09. The Labute approximate surface area is 210 Å². The maximum Gasteiger partial charge on any atom is 0.338 e. The fourth-order valence-corrected chi connectivity index (χ4v) is 5.45. The highest BCUT2D eigenvalue weighted by Gasteiger charge is 2.33. The van der Waals surface area contributed by atoms with E-state index in [-0.39, 0.29) is 11.1 Å². The van der Waals surface area contributed by atoms with E-state index in [0.717, 1.165) is 16.3 Å². The molecule has 3 aromatic carbocycles. The Morgan fingerprint density at radius 2 is 1.75 bits per heavy atom. The van der Waals surface area contributed by atoms with Crippen molar-refractivity contribution in [3.63, 3.8) is 0 Å². The summed E-state index contributed by atoms with van der Waals surface area (Å²) in [5.74, 6) is -0.626. The van der Waals surface area contributed by atoms with Crippen LogP contribution < -0.4 is 19.6 Å². The monoisotopic (exact) mass is 498 g/mol. The molecule has 1 aromatic heterocycles. The number of allylic oxidation sites excluding steroid dienone is 1. The van der Waals surface area contributed by atoms with Crippen molar-refractivity contribution in [1.29, 1.82) is 0 Å². The van der Waals surface area contributed by atoms with Crippen LogP contribution in [0, 0.1) is 0 Å². The molecule has 1 atom stereocenters. The molecular weight excluding hydrogens is 476 g/mol. The number of carbonyl (C=O) groups is 2. The molecule has 1 aliphatic rings. The first-order chi connectivity index (χ1) is 17.4. The number of esters is 2. The number of benzene rings is 3. The van der Waals surface area contributed by atoms with Crippen molar-refractivity contribution >= 4 is 40.1 Å². The van der Waals surface area contributed by atoms with Crippen LogP contribution >= 0.6 is 11.3 Å². The lowest BCUT2D eigenvalue weighted by molar-refractivity contribution is -0.136. The second-order valence-corrected chi connectivity index (χ2v) is 9.31. The van der Waals surface area contributed by atoms with Crippen molar-refractivity contribution in [2.45, 2.75) is 19.9 Å². The van der Waals surface area contributed by atoms with Gasteiger partial charge in [0.05, 0.1) is 29.0 Å². The molecule has 0 spiro atoms. The van der Waals surface area contributed by atoms with Gasteiger partial charge in [-0.25, -0.2) is 9.79 Å². The van der Waals surface area contributed by atoms with Gasteiger partial charge in [0, 0.05) is 6.92 Å². The summed E-state index contributed by atoms with van der Waals surface area (Å²) >= 11 is 1.27. The van der Waals surface area contributed by atoms with E-state index in [1.807, 2.05) is 48.5 Å². The molecule has 7 nitrogen and oxygen atoms in total. The average Bonchev–Trinajstić information content (AvgIpc) is 3.17. The van der Waals surface area contributed by atoms with Crippen LogP contribution in [0.3, 0.4) is 0 Å². The fourth-order valence-electron chi connectivity index (χ4n) is 4.41. The van der Waals surface area contributed by atoms with Gasteiger partial charge < -0.3 is 9.47 Å². The van der Waals surface area contributed by atoms with Crippen LogP contribution in [0.5, 0.6) is 5.75 Å². The van der Waals surface area contributed by atoms with Crippen molar-refractivity contribution in [3.8, 4) is 5.75 Å². The van der Waals surface area contributed by atoms with E-state index >= 15 is 0 Å². The van der Waals surface area contributed by atoms with Gasteiger partial charge in [0.15, 0.2) is 4.80 Å². The zero-order chi connectivity index (χ0) is 25.4. The van der Waals surface area contributed by atoms with Crippen molar-refractivity contribution in [3.05, 3.63) is 109 Å². The van der Waals surface area contributed by atoms with Crippen molar-refractivity contribution < 1.29 is 19.1 Å². The zero-order valence-corrected chi connectivity index (χ0v) is 20.7. The maximum atomic E-state index is 13.8. The highest BCUT2D eigenvalue weighted by Crippen LogP contribution is 2.31. The van der Waals surface area contributed by atoms with Gasteiger partial charge in [0.1, 0.15) is 5.75 Å². The number of aromatic nitrogens is 1. The lowest BCUT2D eigenvalue weighted by Gasteiger charge is -2.24. The predicted molar refractivity (Wildman–Crippen MR) is 137 cm³/mol. The first kappa shape index (κ1) is 23.4. The molecule has 0 fully saturated rings. The van der Waals surface area contributed by atoms with Crippen LogP contribution in [0.4, 0.5) is 0 Å².